The third-order valence-electron chi connectivity index (χ3n) is 4.24. The molecule has 0 aromatic heterocycles. The molecule has 0 spiro atoms. The van der Waals surface area contributed by atoms with Gasteiger partial charge in [0.05, 0.1) is 5.54 Å². The lowest BCUT2D eigenvalue weighted by molar-refractivity contribution is 0.0444. The van der Waals surface area contributed by atoms with Crippen molar-refractivity contribution in [3.8, 4) is 0 Å². The molecule has 0 aliphatic carbocycles. The number of alkyl carbamates (subject to hydrolysis) is 1. The smallest absolute Gasteiger partial charge is 0.408 e. The minimum Gasteiger partial charge on any atom is -0.444 e. The number of rotatable bonds is 7. The van der Waals surface area contributed by atoms with Crippen LogP contribution in [0.25, 0.3) is 0 Å². The molecule has 1 amide bonds. The number of carbonyl (C=O) groups excluding carboxylic acids is 1. The Hall–Kier alpha value is -1.62. The molecule has 0 heterocycles. The fourth-order valence-corrected chi connectivity index (χ4v) is 2.46. The molecule has 1 aromatic rings. The number of carbonyl (C=O) groups is 1. The summed E-state index contributed by atoms with van der Waals surface area (Å²) in [5.74, 6) is -0.242. The van der Waals surface area contributed by atoms with E-state index in [4.69, 9.17) is 4.74 Å². The summed E-state index contributed by atoms with van der Waals surface area (Å²) in [4.78, 5) is 12.1. The molecule has 0 radical (unpaired) electrons. The minimum atomic E-state index is -0.522. The fraction of sp³-hybridized carbons (Fsp3) is 0.632. The van der Waals surface area contributed by atoms with Crippen molar-refractivity contribution in [3.63, 3.8) is 0 Å². The zero-order valence-electron chi connectivity index (χ0n) is 15.7. The Bertz CT molecular complexity index is 519. The van der Waals surface area contributed by atoms with Crippen LogP contribution >= 0.6 is 0 Å². The van der Waals surface area contributed by atoms with Crippen molar-refractivity contribution in [3.05, 3.63) is 35.6 Å². The topological polar surface area (TPSA) is 50.4 Å². The molecule has 0 fully saturated rings. The van der Waals surface area contributed by atoms with Crippen molar-refractivity contribution >= 4 is 6.09 Å². The third kappa shape index (κ3) is 6.48. The van der Waals surface area contributed by atoms with E-state index in [2.05, 4.69) is 10.6 Å². The van der Waals surface area contributed by atoms with E-state index in [1.165, 1.54) is 12.1 Å². The van der Waals surface area contributed by atoms with Crippen LogP contribution in [0.4, 0.5) is 9.18 Å². The second-order valence-corrected chi connectivity index (χ2v) is 7.27. The Labute approximate surface area is 145 Å². The van der Waals surface area contributed by atoms with Crippen molar-refractivity contribution in [1.82, 2.24) is 10.6 Å². The summed E-state index contributed by atoms with van der Waals surface area (Å²) >= 11 is 0. The number of hydrogen-bond acceptors (Lipinski definition) is 3. The van der Waals surface area contributed by atoms with Gasteiger partial charge in [0.15, 0.2) is 0 Å². The lowest BCUT2D eigenvalue weighted by Gasteiger charge is -2.35. The standard InChI is InChI=1S/C19H31FN2O2/c1-7-19(8-2,22-17(23)24-18(4,5)6)13-21-14(3)15-9-11-16(20)12-10-15/h9-12,14,21H,7-8,13H2,1-6H3,(H,22,23). The summed E-state index contributed by atoms with van der Waals surface area (Å²) in [5.41, 5.74) is 0.109. The van der Waals surface area contributed by atoms with Gasteiger partial charge in [0, 0.05) is 12.6 Å². The predicted octanol–water partition coefficient (Wildman–Crippen LogP) is 4.56. The number of amides is 1. The lowest BCUT2D eigenvalue weighted by atomic mass is 9.92. The molecular weight excluding hydrogens is 307 g/mol. The molecule has 2 N–H and O–H groups in total. The van der Waals surface area contributed by atoms with Crippen LogP contribution in [-0.2, 0) is 4.74 Å². The van der Waals surface area contributed by atoms with Crippen LogP contribution in [-0.4, -0.2) is 23.8 Å². The molecule has 0 saturated heterocycles. The zero-order chi connectivity index (χ0) is 18.4. The summed E-state index contributed by atoms with van der Waals surface area (Å²) in [6.45, 7) is 12.3. The van der Waals surface area contributed by atoms with Gasteiger partial charge in [-0.05, 0) is 58.2 Å². The van der Waals surface area contributed by atoms with Crippen molar-refractivity contribution in [1.29, 1.82) is 0 Å². The van der Waals surface area contributed by atoms with Gasteiger partial charge in [-0.15, -0.1) is 0 Å². The first kappa shape index (κ1) is 20.4. The number of benzene rings is 1. The number of nitrogens with one attached hydrogen (secondary N) is 2. The van der Waals surface area contributed by atoms with Crippen molar-refractivity contribution in [2.45, 2.75) is 71.6 Å². The van der Waals surface area contributed by atoms with Gasteiger partial charge in [0.2, 0.25) is 0 Å². The van der Waals surface area contributed by atoms with E-state index in [9.17, 15) is 9.18 Å². The molecular formula is C19H31FN2O2. The van der Waals surface area contributed by atoms with Gasteiger partial charge >= 0.3 is 6.09 Å². The fourth-order valence-electron chi connectivity index (χ4n) is 2.46. The summed E-state index contributed by atoms with van der Waals surface area (Å²) in [5, 5.41) is 6.46. The summed E-state index contributed by atoms with van der Waals surface area (Å²) in [6, 6.07) is 6.52. The Morgan fingerprint density at radius 2 is 1.71 bits per heavy atom. The zero-order valence-corrected chi connectivity index (χ0v) is 15.7. The van der Waals surface area contributed by atoms with Gasteiger partial charge in [-0.2, -0.15) is 0 Å². The molecule has 0 saturated carbocycles. The second-order valence-electron chi connectivity index (χ2n) is 7.27. The van der Waals surface area contributed by atoms with Crippen molar-refractivity contribution in [2.75, 3.05) is 6.54 Å². The van der Waals surface area contributed by atoms with E-state index in [1.54, 1.807) is 12.1 Å². The van der Waals surface area contributed by atoms with E-state index in [0.29, 0.717) is 6.54 Å². The molecule has 1 rings (SSSR count). The van der Waals surface area contributed by atoms with Gasteiger partial charge in [-0.25, -0.2) is 9.18 Å². The maximum Gasteiger partial charge on any atom is 0.408 e. The van der Waals surface area contributed by atoms with Crippen LogP contribution < -0.4 is 10.6 Å². The molecule has 1 aromatic carbocycles. The van der Waals surface area contributed by atoms with E-state index in [0.717, 1.165) is 18.4 Å². The van der Waals surface area contributed by atoms with Crippen LogP contribution in [0, 0.1) is 5.82 Å². The summed E-state index contributed by atoms with van der Waals surface area (Å²) in [6.07, 6.45) is 1.17. The van der Waals surface area contributed by atoms with Crippen molar-refractivity contribution < 1.29 is 13.9 Å². The highest BCUT2D eigenvalue weighted by Gasteiger charge is 2.30. The Kier molecular flexibility index (Phi) is 7.21. The van der Waals surface area contributed by atoms with E-state index in [1.807, 2.05) is 41.5 Å². The first-order valence-electron chi connectivity index (χ1n) is 8.61. The highest BCUT2D eigenvalue weighted by molar-refractivity contribution is 5.68. The molecule has 1 atom stereocenters. The monoisotopic (exact) mass is 338 g/mol. The molecule has 136 valence electrons. The number of halogens is 1. The average Bonchev–Trinajstić information content (AvgIpc) is 2.50. The molecule has 5 heteroatoms. The minimum absolute atomic E-state index is 0.0588. The summed E-state index contributed by atoms with van der Waals surface area (Å²) < 4.78 is 18.4. The second kappa shape index (κ2) is 8.47. The number of hydrogen-bond donors (Lipinski definition) is 2. The maximum absolute atomic E-state index is 13.0. The quantitative estimate of drug-likeness (QED) is 0.766. The molecule has 0 bridgehead atoms. The SMILES string of the molecule is CCC(CC)(CNC(C)c1ccc(F)cc1)NC(=O)OC(C)(C)C. The van der Waals surface area contributed by atoms with Crippen molar-refractivity contribution in [2.24, 2.45) is 0 Å². The predicted molar refractivity (Wildman–Crippen MR) is 95.5 cm³/mol. The summed E-state index contributed by atoms with van der Waals surface area (Å²) in [7, 11) is 0. The van der Waals surface area contributed by atoms with E-state index in [-0.39, 0.29) is 17.4 Å². The number of ether oxygens (including phenoxy) is 1. The maximum atomic E-state index is 13.0. The first-order chi connectivity index (χ1) is 11.1. The molecule has 1 unspecified atom stereocenters. The lowest BCUT2D eigenvalue weighted by Crippen LogP contribution is -2.55. The third-order valence-corrected chi connectivity index (χ3v) is 4.24. The van der Waals surface area contributed by atoms with Gasteiger partial charge in [0.25, 0.3) is 0 Å². The van der Waals surface area contributed by atoms with E-state index >= 15 is 0 Å². The molecule has 0 aliphatic rings. The molecule has 0 aliphatic heterocycles. The Morgan fingerprint density at radius 1 is 1.17 bits per heavy atom. The highest BCUT2D eigenvalue weighted by Crippen LogP contribution is 2.19. The van der Waals surface area contributed by atoms with Crippen LogP contribution in [0.5, 0.6) is 0 Å². The highest BCUT2D eigenvalue weighted by atomic mass is 19.1. The van der Waals surface area contributed by atoms with E-state index < -0.39 is 11.7 Å². The molecule has 24 heavy (non-hydrogen) atoms. The average molecular weight is 338 g/mol. The molecule has 4 nitrogen and oxygen atoms in total. The first-order valence-corrected chi connectivity index (χ1v) is 8.61. The Balaban J connectivity index is 2.70. The van der Waals surface area contributed by atoms with Crippen LogP contribution in [0.2, 0.25) is 0 Å². The Morgan fingerprint density at radius 3 is 2.17 bits per heavy atom. The van der Waals surface area contributed by atoms with Crippen LogP contribution in [0.3, 0.4) is 0 Å². The van der Waals surface area contributed by atoms with Crippen LogP contribution in [0.1, 0.15) is 66.0 Å². The van der Waals surface area contributed by atoms with Gasteiger partial charge in [-0.1, -0.05) is 26.0 Å². The van der Waals surface area contributed by atoms with Crippen LogP contribution in [0.15, 0.2) is 24.3 Å². The normalized spacial score (nSPS) is 13.5. The van der Waals surface area contributed by atoms with Gasteiger partial charge < -0.3 is 15.4 Å². The largest absolute Gasteiger partial charge is 0.444 e. The van der Waals surface area contributed by atoms with Gasteiger partial charge in [-0.3, -0.25) is 0 Å². The van der Waals surface area contributed by atoms with Gasteiger partial charge in [0.1, 0.15) is 11.4 Å².